The van der Waals surface area contributed by atoms with E-state index >= 15 is 0 Å². The van der Waals surface area contributed by atoms with Crippen LogP contribution in [0.25, 0.3) is 27.6 Å². The van der Waals surface area contributed by atoms with Gasteiger partial charge in [0.25, 0.3) is 11.5 Å². The fourth-order valence-corrected chi connectivity index (χ4v) is 4.44. The molecule has 2 aliphatic heterocycles. The molecular formula is C23H20N3O5-. The molecule has 8 nitrogen and oxygen atoms in total. The Kier molecular flexibility index (Phi) is 4.40. The van der Waals surface area contributed by atoms with Gasteiger partial charge in [-0.1, -0.05) is 25.1 Å². The second-order valence-electron chi connectivity index (χ2n) is 7.71. The number of esters is 2. The number of para-hydroxylation sites is 1. The molecule has 4 heterocycles. The first-order valence-electron chi connectivity index (χ1n) is 10.1. The molecule has 3 aromatic rings. The fraction of sp³-hybridized carbons (Fsp3) is 0.304. The third-order valence-electron chi connectivity index (χ3n) is 5.96. The summed E-state index contributed by atoms with van der Waals surface area (Å²) >= 11 is 0. The number of rotatable bonds is 4. The Balaban J connectivity index is 1.73. The van der Waals surface area contributed by atoms with Crippen molar-refractivity contribution >= 4 is 22.8 Å². The molecule has 0 bridgehead atoms. The van der Waals surface area contributed by atoms with Crippen LogP contribution in [-0.4, -0.2) is 35.1 Å². The van der Waals surface area contributed by atoms with E-state index in [1.807, 2.05) is 30.3 Å². The minimum Gasteiger partial charge on any atom is -0.656 e. The molecule has 0 N–H and O–H groups in total. The molecule has 0 radical (unpaired) electrons. The lowest BCUT2D eigenvalue weighted by Gasteiger charge is -2.36. The van der Waals surface area contributed by atoms with Crippen LogP contribution in [0.4, 0.5) is 0 Å². The lowest BCUT2D eigenvalue weighted by atomic mass is 9.85. The average molecular weight is 418 g/mol. The molecule has 5 rings (SSSR count). The van der Waals surface area contributed by atoms with Crippen LogP contribution in [0.3, 0.4) is 0 Å². The van der Waals surface area contributed by atoms with Gasteiger partial charge in [-0.3, -0.25) is 9.59 Å². The van der Waals surface area contributed by atoms with Crippen molar-refractivity contribution in [3.63, 3.8) is 0 Å². The Morgan fingerprint density at radius 1 is 1.29 bits per heavy atom. The summed E-state index contributed by atoms with van der Waals surface area (Å²) in [6.07, 6.45) is 0.134. The number of carbonyl (C=O) groups is 2. The van der Waals surface area contributed by atoms with Gasteiger partial charge < -0.3 is 19.4 Å². The van der Waals surface area contributed by atoms with Crippen LogP contribution in [0.5, 0.6) is 0 Å². The third-order valence-corrected chi connectivity index (χ3v) is 5.96. The molecule has 31 heavy (non-hydrogen) atoms. The van der Waals surface area contributed by atoms with Gasteiger partial charge in [-0.05, 0) is 31.2 Å². The molecule has 0 fully saturated rings. The van der Waals surface area contributed by atoms with Gasteiger partial charge in [0, 0.05) is 16.5 Å². The molecule has 8 heteroatoms. The van der Waals surface area contributed by atoms with Crippen LogP contribution in [0.15, 0.2) is 41.2 Å². The van der Waals surface area contributed by atoms with Gasteiger partial charge in [0.2, 0.25) is 5.60 Å². The average Bonchev–Trinajstić information content (AvgIpc) is 3.12. The summed E-state index contributed by atoms with van der Waals surface area (Å²) in [7, 11) is 1.49. The minimum atomic E-state index is -1.68. The van der Waals surface area contributed by atoms with E-state index in [9.17, 15) is 14.4 Å². The SMILES string of the molecule is CC[C@@]1(OC(=O)C[N-]C)C(=O)OCc2c1cc1n(c2=O)Cc2cc3ccccc3nc2-1. The Bertz CT molecular complexity index is 1310. The maximum Gasteiger partial charge on any atom is 0.355 e. The van der Waals surface area contributed by atoms with Gasteiger partial charge in [0.05, 0.1) is 29.0 Å². The summed E-state index contributed by atoms with van der Waals surface area (Å²) in [5.74, 6) is -1.33. The van der Waals surface area contributed by atoms with E-state index in [0.717, 1.165) is 16.5 Å². The van der Waals surface area contributed by atoms with Crippen molar-refractivity contribution < 1.29 is 19.1 Å². The molecule has 2 aromatic heterocycles. The molecule has 0 saturated heterocycles. The van der Waals surface area contributed by atoms with Crippen molar-refractivity contribution in [2.75, 3.05) is 13.6 Å². The van der Waals surface area contributed by atoms with Gasteiger partial charge in [0.1, 0.15) is 6.61 Å². The predicted molar refractivity (Wildman–Crippen MR) is 113 cm³/mol. The predicted octanol–water partition coefficient (Wildman–Crippen LogP) is 2.63. The number of carbonyl (C=O) groups excluding carboxylic acids is 2. The van der Waals surface area contributed by atoms with Gasteiger partial charge >= 0.3 is 5.97 Å². The summed E-state index contributed by atoms with van der Waals surface area (Å²) in [6, 6.07) is 11.5. The molecule has 1 aromatic carbocycles. The maximum atomic E-state index is 13.4. The first-order chi connectivity index (χ1) is 15.0. The zero-order valence-electron chi connectivity index (χ0n) is 17.2. The fourth-order valence-electron chi connectivity index (χ4n) is 4.44. The van der Waals surface area contributed by atoms with E-state index < -0.39 is 17.5 Å². The van der Waals surface area contributed by atoms with Crippen LogP contribution in [-0.2, 0) is 37.8 Å². The second-order valence-corrected chi connectivity index (χ2v) is 7.71. The number of likely N-dealkylation sites (N-methyl/N-ethyl adjacent to an activating group) is 1. The highest BCUT2D eigenvalue weighted by molar-refractivity contribution is 5.89. The number of benzene rings is 1. The summed E-state index contributed by atoms with van der Waals surface area (Å²) in [6.45, 7) is 1.76. The largest absolute Gasteiger partial charge is 0.656 e. The van der Waals surface area contributed by atoms with E-state index in [-0.39, 0.29) is 25.1 Å². The van der Waals surface area contributed by atoms with Crippen LogP contribution in [0.2, 0.25) is 0 Å². The highest BCUT2D eigenvalue weighted by Crippen LogP contribution is 2.40. The summed E-state index contributed by atoms with van der Waals surface area (Å²) in [5.41, 5.74) is 1.79. The maximum absolute atomic E-state index is 13.4. The number of pyridine rings is 2. The molecule has 0 amide bonds. The van der Waals surface area contributed by atoms with E-state index in [4.69, 9.17) is 14.5 Å². The van der Waals surface area contributed by atoms with Crippen LogP contribution in [0.1, 0.15) is 30.0 Å². The smallest absolute Gasteiger partial charge is 0.355 e. The van der Waals surface area contributed by atoms with Crippen molar-refractivity contribution in [1.82, 2.24) is 9.55 Å². The molecule has 158 valence electrons. The molecule has 2 aliphatic rings. The first-order valence-corrected chi connectivity index (χ1v) is 10.1. The molecule has 0 unspecified atom stereocenters. The first kappa shape index (κ1) is 19.4. The lowest BCUT2D eigenvalue weighted by Crippen LogP contribution is -2.47. The highest BCUT2D eigenvalue weighted by Gasteiger charge is 2.50. The van der Waals surface area contributed by atoms with Crippen molar-refractivity contribution in [3.8, 4) is 11.4 Å². The Morgan fingerprint density at radius 2 is 2.10 bits per heavy atom. The zero-order chi connectivity index (χ0) is 21.8. The Labute approximate surface area is 177 Å². The second kappa shape index (κ2) is 7.02. The number of nitrogens with zero attached hydrogens (tertiary/aromatic N) is 3. The Morgan fingerprint density at radius 3 is 2.87 bits per heavy atom. The van der Waals surface area contributed by atoms with E-state index in [1.54, 1.807) is 17.6 Å². The number of cyclic esters (lactones) is 1. The highest BCUT2D eigenvalue weighted by atomic mass is 16.6. The Hall–Kier alpha value is -3.52. The van der Waals surface area contributed by atoms with Crippen molar-refractivity contribution in [1.29, 1.82) is 0 Å². The standard InChI is InChI=1S/C23H20N3O5/c1-3-23(31-19(27)10-24-2)16-9-18-20-14(8-13-6-4-5-7-17(13)25-20)11-26(18)21(28)15(16)12-30-22(23)29/h4-9H,3,10-12H2,1-2H3/q-1/t23-/m0/s1. The van der Waals surface area contributed by atoms with Gasteiger partial charge in [-0.2, -0.15) is 7.05 Å². The molecular weight excluding hydrogens is 398 g/mol. The number of ether oxygens (including phenoxy) is 2. The molecule has 0 spiro atoms. The van der Waals surface area contributed by atoms with E-state index in [2.05, 4.69) is 5.32 Å². The monoisotopic (exact) mass is 418 g/mol. The number of aromatic nitrogens is 2. The van der Waals surface area contributed by atoms with Crippen molar-refractivity contribution in [2.45, 2.75) is 32.1 Å². The summed E-state index contributed by atoms with van der Waals surface area (Å²) in [4.78, 5) is 43.2. The van der Waals surface area contributed by atoms with Gasteiger partial charge in [0.15, 0.2) is 0 Å². The van der Waals surface area contributed by atoms with E-state index in [0.29, 0.717) is 29.1 Å². The number of fused-ring (bicyclic) bond motifs is 5. The quantitative estimate of drug-likeness (QED) is 0.472. The van der Waals surface area contributed by atoms with Crippen molar-refractivity contribution in [2.24, 2.45) is 0 Å². The molecule has 0 saturated carbocycles. The topological polar surface area (TPSA) is 102 Å². The van der Waals surface area contributed by atoms with Gasteiger partial charge in [-0.15, -0.1) is 0 Å². The zero-order valence-corrected chi connectivity index (χ0v) is 17.2. The summed E-state index contributed by atoms with van der Waals surface area (Å²) in [5, 5.41) is 4.77. The number of hydrogen-bond acceptors (Lipinski definition) is 6. The summed E-state index contributed by atoms with van der Waals surface area (Å²) < 4.78 is 12.5. The molecule has 0 aliphatic carbocycles. The van der Waals surface area contributed by atoms with Crippen LogP contribution in [0, 0.1) is 0 Å². The number of hydrogen-bond donors (Lipinski definition) is 0. The van der Waals surface area contributed by atoms with Crippen LogP contribution >= 0.6 is 0 Å². The lowest BCUT2D eigenvalue weighted by molar-refractivity contribution is -0.188. The third kappa shape index (κ3) is 2.79. The van der Waals surface area contributed by atoms with Gasteiger partial charge in [-0.25, -0.2) is 9.78 Å². The van der Waals surface area contributed by atoms with Crippen molar-refractivity contribution in [3.05, 3.63) is 68.8 Å². The molecule has 1 atom stereocenters. The van der Waals surface area contributed by atoms with Crippen LogP contribution < -0.4 is 5.56 Å². The minimum absolute atomic E-state index is 0.134. The van der Waals surface area contributed by atoms with E-state index in [1.165, 1.54) is 7.05 Å². The normalized spacial score (nSPS) is 18.8.